The Hall–Kier alpha value is -2.53. The van der Waals surface area contributed by atoms with Crippen molar-refractivity contribution in [2.24, 2.45) is 0 Å². The van der Waals surface area contributed by atoms with E-state index >= 15 is 0 Å². The van der Waals surface area contributed by atoms with Gasteiger partial charge in [0.15, 0.2) is 11.6 Å². The van der Waals surface area contributed by atoms with Gasteiger partial charge in [0.05, 0.1) is 11.9 Å². The monoisotopic (exact) mass is 545 g/mol. The average Bonchev–Trinajstić information content (AvgIpc) is 2.74. The predicted octanol–water partition coefficient (Wildman–Crippen LogP) is 3.44. The first kappa shape index (κ1) is 26.7. The molecule has 11 heteroatoms. The fraction of sp³-hybridized carbons (Fsp3) is 0.364. The zero-order valence-corrected chi connectivity index (χ0v) is 20.9. The van der Waals surface area contributed by atoms with Crippen LogP contribution in [0.25, 0.3) is 0 Å². The van der Waals surface area contributed by atoms with Crippen LogP contribution in [0.2, 0.25) is 0 Å². The molecule has 0 radical (unpaired) electrons. The van der Waals surface area contributed by atoms with E-state index in [1.807, 2.05) is 13.0 Å². The Morgan fingerprint density at radius 1 is 1.12 bits per heavy atom. The molecule has 0 saturated carbocycles. The van der Waals surface area contributed by atoms with E-state index in [2.05, 4.69) is 21.2 Å². The van der Waals surface area contributed by atoms with Gasteiger partial charge in [0, 0.05) is 23.6 Å². The van der Waals surface area contributed by atoms with Crippen molar-refractivity contribution in [1.82, 2.24) is 10.2 Å². The van der Waals surface area contributed by atoms with E-state index in [1.165, 1.54) is 4.90 Å². The number of rotatable bonds is 10. The van der Waals surface area contributed by atoms with E-state index < -0.39 is 40.2 Å². The minimum atomic E-state index is -4.03. The molecule has 180 valence electrons. The smallest absolute Gasteiger partial charge is 0.244 e. The van der Waals surface area contributed by atoms with Crippen LogP contribution in [0.5, 0.6) is 0 Å². The summed E-state index contributed by atoms with van der Waals surface area (Å²) in [5, 5.41) is 2.73. The molecule has 1 N–H and O–H groups in total. The Labute approximate surface area is 200 Å². The molecule has 0 aliphatic rings. The van der Waals surface area contributed by atoms with E-state index in [9.17, 15) is 26.8 Å². The lowest BCUT2D eigenvalue weighted by molar-refractivity contribution is -0.139. The molecule has 7 nitrogen and oxygen atoms in total. The Balaban J connectivity index is 2.39. The van der Waals surface area contributed by atoms with Gasteiger partial charge in [-0.05, 0) is 43.2 Å². The maximum absolute atomic E-state index is 13.8. The number of halogens is 3. The maximum Gasteiger partial charge on any atom is 0.244 e. The molecule has 2 rings (SSSR count). The first-order chi connectivity index (χ1) is 15.4. The predicted molar refractivity (Wildman–Crippen MR) is 126 cm³/mol. The first-order valence-electron chi connectivity index (χ1n) is 10.2. The topological polar surface area (TPSA) is 86.8 Å². The van der Waals surface area contributed by atoms with Crippen molar-refractivity contribution in [2.45, 2.75) is 32.9 Å². The molecule has 0 aliphatic heterocycles. The van der Waals surface area contributed by atoms with Crippen LogP contribution in [0.3, 0.4) is 0 Å². The summed E-state index contributed by atoms with van der Waals surface area (Å²) in [5.74, 6) is -3.45. The number of anilines is 1. The molecule has 2 aromatic carbocycles. The second-order valence-corrected chi connectivity index (χ2v) is 10.3. The molecule has 0 heterocycles. The molecular formula is C22H26BrF2N3O4S. The van der Waals surface area contributed by atoms with E-state index in [-0.39, 0.29) is 18.1 Å². The van der Waals surface area contributed by atoms with Crippen LogP contribution in [0.15, 0.2) is 46.9 Å². The van der Waals surface area contributed by atoms with Crippen molar-refractivity contribution >= 4 is 43.5 Å². The summed E-state index contributed by atoms with van der Waals surface area (Å²) in [7, 11) is -4.03. The lowest BCUT2D eigenvalue weighted by Gasteiger charge is -2.31. The molecule has 0 aliphatic carbocycles. The van der Waals surface area contributed by atoms with Gasteiger partial charge < -0.3 is 10.2 Å². The molecule has 33 heavy (non-hydrogen) atoms. The Morgan fingerprint density at radius 3 is 2.39 bits per heavy atom. The summed E-state index contributed by atoms with van der Waals surface area (Å²) in [5.41, 5.74) is 0.516. The van der Waals surface area contributed by atoms with Gasteiger partial charge in [-0.25, -0.2) is 17.2 Å². The van der Waals surface area contributed by atoms with Gasteiger partial charge in [-0.3, -0.25) is 13.9 Å². The van der Waals surface area contributed by atoms with E-state index in [0.717, 1.165) is 22.9 Å². The maximum atomic E-state index is 13.8. The number of carbonyl (C=O) groups excluding carboxylic acids is 2. The lowest BCUT2D eigenvalue weighted by atomic mass is 10.1. The second-order valence-electron chi connectivity index (χ2n) is 7.49. The molecular weight excluding hydrogens is 520 g/mol. The molecule has 1 atom stereocenters. The van der Waals surface area contributed by atoms with Gasteiger partial charge in [-0.1, -0.05) is 35.0 Å². The highest BCUT2D eigenvalue weighted by molar-refractivity contribution is 9.10. The van der Waals surface area contributed by atoms with Gasteiger partial charge in [0.25, 0.3) is 0 Å². The third-order valence-electron chi connectivity index (χ3n) is 4.83. The fourth-order valence-electron chi connectivity index (χ4n) is 3.06. The van der Waals surface area contributed by atoms with Gasteiger partial charge in [-0.2, -0.15) is 0 Å². The van der Waals surface area contributed by atoms with Crippen molar-refractivity contribution in [3.05, 3.63) is 64.1 Å². The molecule has 0 saturated heterocycles. The zero-order chi connectivity index (χ0) is 24.8. The zero-order valence-electron chi connectivity index (χ0n) is 18.5. The van der Waals surface area contributed by atoms with Crippen LogP contribution in [-0.4, -0.2) is 50.5 Å². The number of amides is 2. The average molecular weight is 546 g/mol. The highest BCUT2D eigenvalue weighted by Gasteiger charge is 2.30. The Morgan fingerprint density at radius 2 is 1.82 bits per heavy atom. The number of nitrogens with zero attached hydrogens (tertiary/aromatic N) is 2. The third kappa shape index (κ3) is 7.50. The largest absolute Gasteiger partial charge is 0.354 e. The molecule has 0 aromatic heterocycles. The molecule has 0 bridgehead atoms. The summed E-state index contributed by atoms with van der Waals surface area (Å²) in [6, 6.07) is 8.78. The molecule has 0 spiro atoms. The quantitative estimate of drug-likeness (QED) is 0.495. The highest BCUT2D eigenvalue weighted by Crippen LogP contribution is 2.22. The van der Waals surface area contributed by atoms with Crippen molar-refractivity contribution in [3.8, 4) is 0 Å². The number of hydrogen-bond donors (Lipinski definition) is 1. The van der Waals surface area contributed by atoms with Crippen LogP contribution >= 0.6 is 15.9 Å². The second kappa shape index (κ2) is 11.6. The summed E-state index contributed by atoms with van der Waals surface area (Å²) in [6.07, 6.45) is 1.56. The number of sulfonamides is 1. The van der Waals surface area contributed by atoms with Crippen molar-refractivity contribution in [3.63, 3.8) is 0 Å². The number of nitrogens with one attached hydrogen (secondary N) is 1. The third-order valence-corrected chi connectivity index (χ3v) is 6.46. The van der Waals surface area contributed by atoms with Gasteiger partial charge in [0.2, 0.25) is 21.8 Å². The van der Waals surface area contributed by atoms with Gasteiger partial charge in [-0.15, -0.1) is 0 Å². The Kier molecular flexibility index (Phi) is 9.35. The summed E-state index contributed by atoms with van der Waals surface area (Å²) in [4.78, 5) is 27.2. The first-order valence-corrected chi connectivity index (χ1v) is 12.8. The molecule has 2 aromatic rings. The minimum absolute atomic E-state index is 0.0361. The fourth-order valence-corrected chi connectivity index (χ4v) is 4.35. The highest BCUT2D eigenvalue weighted by atomic mass is 79.9. The normalized spacial score (nSPS) is 12.2. The number of carbonyl (C=O) groups is 2. The summed E-state index contributed by atoms with van der Waals surface area (Å²) < 4.78 is 53.3. The van der Waals surface area contributed by atoms with Crippen LogP contribution in [0, 0.1) is 11.6 Å². The van der Waals surface area contributed by atoms with Crippen LogP contribution in [0.1, 0.15) is 25.8 Å². The summed E-state index contributed by atoms with van der Waals surface area (Å²) >= 11 is 3.36. The standard InChI is InChI=1S/C22H26BrF2N3O4S/c1-4-10-26-22(30)15(2)27(13-16-6-5-7-17(23)11-16)21(29)14-28(33(3,31)32)18-8-9-19(24)20(25)12-18/h5-9,11-12,15H,4,10,13-14H2,1-3H3,(H,26,30). The van der Waals surface area contributed by atoms with Crippen molar-refractivity contribution in [2.75, 3.05) is 23.7 Å². The number of benzene rings is 2. The molecule has 0 fully saturated rings. The minimum Gasteiger partial charge on any atom is -0.354 e. The van der Waals surface area contributed by atoms with Crippen molar-refractivity contribution < 1.29 is 26.8 Å². The van der Waals surface area contributed by atoms with E-state index in [1.54, 1.807) is 25.1 Å². The Bertz CT molecular complexity index is 1110. The number of hydrogen-bond acceptors (Lipinski definition) is 4. The van der Waals surface area contributed by atoms with E-state index in [0.29, 0.717) is 28.9 Å². The molecule has 1 unspecified atom stereocenters. The lowest BCUT2D eigenvalue weighted by Crippen LogP contribution is -2.51. The van der Waals surface area contributed by atoms with Crippen LogP contribution in [-0.2, 0) is 26.2 Å². The summed E-state index contributed by atoms with van der Waals surface area (Å²) in [6.45, 7) is 3.20. The molecule has 2 amide bonds. The van der Waals surface area contributed by atoms with Gasteiger partial charge >= 0.3 is 0 Å². The van der Waals surface area contributed by atoms with Crippen LogP contribution < -0.4 is 9.62 Å². The van der Waals surface area contributed by atoms with E-state index in [4.69, 9.17) is 0 Å². The van der Waals surface area contributed by atoms with Gasteiger partial charge in [0.1, 0.15) is 12.6 Å². The SMILES string of the molecule is CCCNC(=O)C(C)N(Cc1cccc(Br)c1)C(=O)CN(c1ccc(F)c(F)c1)S(C)(=O)=O. The van der Waals surface area contributed by atoms with Crippen LogP contribution in [0.4, 0.5) is 14.5 Å². The van der Waals surface area contributed by atoms with Crippen molar-refractivity contribution in [1.29, 1.82) is 0 Å².